The van der Waals surface area contributed by atoms with Gasteiger partial charge in [0.2, 0.25) is 0 Å². The van der Waals surface area contributed by atoms with E-state index in [1.165, 1.54) is 12.8 Å². The third-order valence-electron chi connectivity index (χ3n) is 5.64. The molecule has 4 rings (SSSR count). The second-order valence-electron chi connectivity index (χ2n) is 7.76. The Kier molecular flexibility index (Phi) is 4.91. The first kappa shape index (κ1) is 18.0. The van der Waals surface area contributed by atoms with Crippen LogP contribution in [-0.4, -0.2) is 53.1 Å². The minimum Gasteiger partial charge on any atom is -0.489 e. The molecule has 2 aromatic rings. The molecule has 0 aliphatic carbocycles. The molecule has 1 amide bonds. The van der Waals surface area contributed by atoms with Crippen molar-refractivity contribution in [3.05, 3.63) is 46.3 Å². The highest BCUT2D eigenvalue weighted by atomic mass is 16.5. The number of aromatic nitrogens is 1. The van der Waals surface area contributed by atoms with E-state index < -0.39 is 0 Å². The van der Waals surface area contributed by atoms with E-state index in [1.54, 1.807) is 0 Å². The number of benzene rings is 1. The summed E-state index contributed by atoms with van der Waals surface area (Å²) in [6, 6.07) is 6.59. The van der Waals surface area contributed by atoms with E-state index in [2.05, 4.69) is 16.1 Å². The molecule has 1 aromatic heterocycles. The van der Waals surface area contributed by atoms with Crippen LogP contribution in [-0.2, 0) is 6.61 Å². The summed E-state index contributed by atoms with van der Waals surface area (Å²) in [5.41, 5.74) is 3.44. The molecule has 6 nitrogen and oxygen atoms in total. The highest BCUT2D eigenvalue weighted by molar-refractivity contribution is 5.94. The van der Waals surface area contributed by atoms with Crippen molar-refractivity contribution in [1.29, 1.82) is 0 Å². The second-order valence-corrected chi connectivity index (χ2v) is 7.76. The van der Waals surface area contributed by atoms with Crippen molar-refractivity contribution in [3.63, 3.8) is 0 Å². The maximum Gasteiger partial charge on any atom is 0.276 e. The molecule has 1 aromatic carbocycles. The normalized spacial score (nSPS) is 20.0. The van der Waals surface area contributed by atoms with Crippen LogP contribution in [0.4, 0.5) is 0 Å². The van der Waals surface area contributed by atoms with E-state index in [-0.39, 0.29) is 12.5 Å². The van der Waals surface area contributed by atoms with Crippen LogP contribution in [0.5, 0.6) is 5.75 Å². The number of ether oxygens (including phenoxy) is 1. The number of hydrogen-bond donors (Lipinski definition) is 0. The largest absolute Gasteiger partial charge is 0.489 e. The highest BCUT2D eigenvalue weighted by Gasteiger charge is 2.34. The molecule has 27 heavy (non-hydrogen) atoms. The van der Waals surface area contributed by atoms with Crippen molar-refractivity contribution in [2.24, 2.45) is 0 Å². The van der Waals surface area contributed by atoms with E-state index in [1.807, 2.05) is 37.8 Å². The quantitative estimate of drug-likeness (QED) is 0.829. The Morgan fingerprint density at radius 2 is 1.96 bits per heavy atom. The average molecular weight is 369 g/mol. The van der Waals surface area contributed by atoms with Crippen molar-refractivity contribution in [1.82, 2.24) is 15.0 Å². The Hall–Kier alpha value is -2.34. The standard InChI is InChI=1S/C21H27N3O3/c1-14-9-15(2)11-18(10-14)26-13-19-16(3)27-22-20(19)21(25)24-8-7-23-6-4-5-17(23)12-24/h9-11,17H,4-8,12-13H2,1-3H3. The molecule has 144 valence electrons. The fourth-order valence-electron chi connectivity index (χ4n) is 4.23. The molecule has 0 radical (unpaired) electrons. The SMILES string of the molecule is Cc1cc(C)cc(OCc2c(C(=O)N3CCN4CCCC4C3)noc2C)c1. The van der Waals surface area contributed by atoms with Gasteiger partial charge in [0.1, 0.15) is 18.1 Å². The molecule has 0 bridgehead atoms. The number of rotatable bonds is 4. The molecular formula is C21H27N3O3. The molecule has 2 aliphatic heterocycles. The van der Waals surface area contributed by atoms with Gasteiger partial charge in [0.25, 0.3) is 5.91 Å². The summed E-state index contributed by atoms with van der Waals surface area (Å²) in [5, 5.41) is 4.06. The third kappa shape index (κ3) is 3.72. The van der Waals surface area contributed by atoms with Gasteiger partial charge < -0.3 is 14.2 Å². The predicted molar refractivity (Wildman–Crippen MR) is 102 cm³/mol. The Morgan fingerprint density at radius 1 is 1.19 bits per heavy atom. The molecule has 0 spiro atoms. The second kappa shape index (κ2) is 7.35. The number of aryl methyl sites for hydroxylation is 3. The van der Waals surface area contributed by atoms with E-state index in [0.29, 0.717) is 17.5 Å². The Labute approximate surface area is 160 Å². The van der Waals surface area contributed by atoms with Crippen molar-refractivity contribution < 1.29 is 14.1 Å². The smallest absolute Gasteiger partial charge is 0.276 e. The summed E-state index contributed by atoms with van der Waals surface area (Å²) in [6.07, 6.45) is 2.40. The van der Waals surface area contributed by atoms with E-state index in [0.717, 1.165) is 48.6 Å². The van der Waals surface area contributed by atoms with Crippen molar-refractivity contribution in [3.8, 4) is 5.75 Å². The van der Waals surface area contributed by atoms with Crippen LogP contribution in [0.1, 0.15) is 45.8 Å². The van der Waals surface area contributed by atoms with Crippen LogP contribution in [0.3, 0.4) is 0 Å². The van der Waals surface area contributed by atoms with Crippen molar-refractivity contribution in [2.45, 2.75) is 46.3 Å². The zero-order valence-corrected chi connectivity index (χ0v) is 16.3. The van der Waals surface area contributed by atoms with Gasteiger partial charge in [-0.1, -0.05) is 11.2 Å². The van der Waals surface area contributed by atoms with Crippen molar-refractivity contribution >= 4 is 5.91 Å². The fraction of sp³-hybridized carbons (Fsp3) is 0.524. The van der Waals surface area contributed by atoms with Gasteiger partial charge in [0, 0.05) is 25.7 Å². The lowest BCUT2D eigenvalue weighted by atomic mass is 10.1. The van der Waals surface area contributed by atoms with Gasteiger partial charge in [-0.2, -0.15) is 0 Å². The zero-order chi connectivity index (χ0) is 19.0. The number of carbonyl (C=O) groups excluding carboxylic acids is 1. The molecule has 0 N–H and O–H groups in total. The Morgan fingerprint density at radius 3 is 2.74 bits per heavy atom. The maximum absolute atomic E-state index is 13.1. The monoisotopic (exact) mass is 369 g/mol. The minimum absolute atomic E-state index is 0.0441. The lowest BCUT2D eigenvalue weighted by Crippen LogP contribution is -2.52. The van der Waals surface area contributed by atoms with Gasteiger partial charge in [-0.25, -0.2) is 0 Å². The van der Waals surface area contributed by atoms with E-state index >= 15 is 0 Å². The number of amides is 1. The first-order chi connectivity index (χ1) is 13.0. The Bertz CT molecular complexity index is 825. The van der Waals surface area contributed by atoms with Gasteiger partial charge in [-0.3, -0.25) is 9.69 Å². The van der Waals surface area contributed by atoms with Crippen LogP contribution in [0.25, 0.3) is 0 Å². The molecule has 6 heteroatoms. The lowest BCUT2D eigenvalue weighted by Gasteiger charge is -2.37. The third-order valence-corrected chi connectivity index (χ3v) is 5.64. The van der Waals surface area contributed by atoms with Crippen LogP contribution >= 0.6 is 0 Å². The number of carbonyl (C=O) groups is 1. The van der Waals surface area contributed by atoms with Gasteiger partial charge in [0.05, 0.1) is 5.56 Å². The highest BCUT2D eigenvalue weighted by Crippen LogP contribution is 2.25. The summed E-state index contributed by atoms with van der Waals surface area (Å²) < 4.78 is 11.3. The fourth-order valence-corrected chi connectivity index (χ4v) is 4.23. The molecular weight excluding hydrogens is 342 g/mol. The Balaban J connectivity index is 1.48. The van der Waals surface area contributed by atoms with Gasteiger partial charge in [0.15, 0.2) is 5.69 Å². The van der Waals surface area contributed by atoms with Gasteiger partial charge in [-0.15, -0.1) is 0 Å². The van der Waals surface area contributed by atoms with Crippen LogP contribution in [0.2, 0.25) is 0 Å². The lowest BCUT2D eigenvalue weighted by molar-refractivity contribution is 0.0559. The number of nitrogens with zero attached hydrogens (tertiary/aromatic N) is 3. The molecule has 2 aliphatic rings. The summed E-state index contributed by atoms with van der Waals surface area (Å²) in [4.78, 5) is 17.5. The molecule has 2 saturated heterocycles. The minimum atomic E-state index is -0.0441. The van der Waals surface area contributed by atoms with Crippen LogP contribution in [0.15, 0.2) is 22.7 Å². The summed E-state index contributed by atoms with van der Waals surface area (Å²) >= 11 is 0. The van der Waals surface area contributed by atoms with Crippen molar-refractivity contribution in [2.75, 3.05) is 26.2 Å². The van der Waals surface area contributed by atoms with Crippen LogP contribution in [0, 0.1) is 20.8 Å². The number of fused-ring (bicyclic) bond motifs is 1. The molecule has 0 saturated carbocycles. The molecule has 3 heterocycles. The predicted octanol–water partition coefficient (Wildman–Crippen LogP) is 3.10. The summed E-state index contributed by atoms with van der Waals surface area (Å²) in [5.74, 6) is 1.39. The maximum atomic E-state index is 13.1. The van der Waals surface area contributed by atoms with Gasteiger partial charge in [-0.05, 0) is 63.4 Å². The summed E-state index contributed by atoms with van der Waals surface area (Å²) in [7, 11) is 0. The van der Waals surface area contributed by atoms with E-state index in [9.17, 15) is 4.79 Å². The average Bonchev–Trinajstić information content (AvgIpc) is 3.24. The molecule has 1 atom stereocenters. The summed E-state index contributed by atoms with van der Waals surface area (Å²) in [6.45, 7) is 9.83. The molecule has 1 unspecified atom stereocenters. The number of hydrogen-bond acceptors (Lipinski definition) is 5. The first-order valence-electron chi connectivity index (χ1n) is 9.71. The van der Waals surface area contributed by atoms with Crippen LogP contribution < -0.4 is 4.74 Å². The van der Waals surface area contributed by atoms with E-state index in [4.69, 9.17) is 9.26 Å². The first-order valence-corrected chi connectivity index (χ1v) is 9.71. The number of piperazine rings is 1. The molecule has 2 fully saturated rings. The topological polar surface area (TPSA) is 58.8 Å². The zero-order valence-electron chi connectivity index (χ0n) is 16.3. The van der Waals surface area contributed by atoms with Gasteiger partial charge >= 0.3 is 0 Å².